The van der Waals surface area contributed by atoms with Crippen molar-refractivity contribution in [3.63, 3.8) is 0 Å². The van der Waals surface area contributed by atoms with Gasteiger partial charge < -0.3 is 0 Å². The Morgan fingerprint density at radius 3 is 2.00 bits per heavy atom. The highest BCUT2D eigenvalue weighted by Crippen LogP contribution is 2.29. The van der Waals surface area contributed by atoms with Crippen LogP contribution in [0.5, 0.6) is 0 Å². The fourth-order valence-electron chi connectivity index (χ4n) is 1.95. The highest BCUT2D eigenvalue weighted by atomic mass is 19.4. The minimum Gasteiger partial charge on any atom is -0.290 e. The van der Waals surface area contributed by atoms with Gasteiger partial charge in [0, 0.05) is 6.42 Å². The third-order valence-electron chi connectivity index (χ3n) is 2.76. The van der Waals surface area contributed by atoms with Crippen LogP contribution in [0.25, 0.3) is 0 Å². The summed E-state index contributed by atoms with van der Waals surface area (Å²) in [4.78, 5) is 10.7. The molecule has 0 spiro atoms. The number of halogens is 3. The summed E-state index contributed by atoms with van der Waals surface area (Å²) in [7, 11) is 0. The molecule has 1 fully saturated rings. The average molecular weight is 208 g/mol. The molecule has 0 radical (unpaired) electrons. The molecule has 0 bridgehead atoms. The van der Waals surface area contributed by atoms with Crippen LogP contribution in [0.4, 0.5) is 13.2 Å². The van der Waals surface area contributed by atoms with Crippen LogP contribution < -0.4 is 0 Å². The fourth-order valence-corrected chi connectivity index (χ4v) is 1.95. The predicted octanol–water partition coefficient (Wildman–Crippen LogP) is 3.48. The van der Waals surface area contributed by atoms with Crippen molar-refractivity contribution in [1.29, 1.82) is 0 Å². The minimum atomic E-state index is -4.63. The molecule has 1 rings (SSSR count). The van der Waals surface area contributed by atoms with Crippen LogP contribution in [-0.2, 0) is 4.79 Å². The van der Waals surface area contributed by atoms with Gasteiger partial charge in [-0.1, -0.05) is 38.5 Å². The van der Waals surface area contributed by atoms with Gasteiger partial charge in [0.15, 0.2) is 0 Å². The van der Waals surface area contributed by atoms with E-state index in [9.17, 15) is 18.0 Å². The van der Waals surface area contributed by atoms with Crippen molar-refractivity contribution >= 4 is 5.78 Å². The maximum absolute atomic E-state index is 12.0. The van der Waals surface area contributed by atoms with Crippen LogP contribution >= 0.6 is 0 Å². The monoisotopic (exact) mass is 208 g/mol. The second-order valence-corrected chi connectivity index (χ2v) is 3.98. The summed E-state index contributed by atoms with van der Waals surface area (Å²) in [5.74, 6) is -1.59. The fraction of sp³-hybridized carbons (Fsp3) is 0.900. The Morgan fingerprint density at radius 1 is 1.07 bits per heavy atom. The summed E-state index contributed by atoms with van der Waals surface area (Å²) in [5.41, 5.74) is 0. The Bertz CT molecular complexity index is 190. The molecular weight excluding hydrogens is 193 g/mol. The van der Waals surface area contributed by atoms with Crippen molar-refractivity contribution in [2.45, 2.75) is 51.1 Å². The molecule has 0 unspecified atom stereocenters. The van der Waals surface area contributed by atoms with Crippen molar-refractivity contribution in [3.8, 4) is 0 Å². The molecule has 1 saturated carbocycles. The molecule has 0 amide bonds. The zero-order valence-electron chi connectivity index (χ0n) is 8.07. The summed E-state index contributed by atoms with van der Waals surface area (Å²) in [5, 5.41) is 0. The summed E-state index contributed by atoms with van der Waals surface area (Å²) in [6, 6.07) is 0. The number of Topliss-reactive ketones (excluding diaryl/α,β-unsaturated/α-hetero) is 1. The average Bonchev–Trinajstić information content (AvgIpc) is 2.31. The number of carbonyl (C=O) groups is 1. The summed E-state index contributed by atoms with van der Waals surface area (Å²) in [6.45, 7) is 0. The van der Waals surface area contributed by atoms with Crippen molar-refractivity contribution in [2.75, 3.05) is 0 Å². The van der Waals surface area contributed by atoms with Crippen LogP contribution in [0.3, 0.4) is 0 Å². The van der Waals surface area contributed by atoms with Crippen molar-refractivity contribution < 1.29 is 18.0 Å². The molecular formula is C10H15F3O. The SMILES string of the molecule is O=C(CC1CCCCCC1)C(F)(F)F. The highest BCUT2D eigenvalue weighted by Gasteiger charge is 2.38. The number of alkyl halides is 3. The Labute approximate surface area is 81.7 Å². The first-order valence-corrected chi connectivity index (χ1v) is 5.10. The van der Waals surface area contributed by atoms with Crippen LogP contribution in [0.15, 0.2) is 0 Å². The molecule has 14 heavy (non-hydrogen) atoms. The van der Waals surface area contributed by atoms with Gasteiger partial charge in [-0.05, 0) is 5.92 Å². The summed E-state index contributed by atoms with van der Waals surface area (Å²) >= 11 is 0. The topological polar surface area (TPSA) is 17.1 Å². The van der Waals surface area contributed by atoms with Crippen LogP contribution in [0.2, 0.25) is 0 Å². The second kappa shape index (κ2) is 4.80. The third kappa shape index (κ3) is 3.68. The van der Waals surface area contributed by atoms with Crippen molar-refractivity contribution in [1.82, 2.24) is 0 Å². The van der Waals surface area contributed by atoms with Gasteiger partial charge in [-0.2, -0.15) is 13.2 Å². The van der Waals surface area contributed by atoms with Gasteiger partial charge in [-0.3, -0.25) is 4.79 Å². The maximum Gasteiger partial charge on any atom is 0.449 e. The van der Waals surface area contributed by atoms with E-state index in [1.165, 1.54) is 0 Å². The van der Waals surface area contributed by atoms with Gasteiger partial charge in [0.25, 0.3) is 0 Å². The molecule has 0 heterocycles. The van der Waals surface area contributed by atoms with E-state index in [-0.39, 0.29) is 12.3 Å². The molecule has 0 saturated heterocycles. The molecule has 0 N–H and O–H groups in total. The van der Waals surface area contributed by atoms with Crippen LogP contribution in [-0.4, -0.2) is 12.0 Å². The Morgan fingerprint density at radius 2 is 1.57 bits per heavy atom. The first-order chi connectivity index (χ1) is 6.50. The molecule has 0 aromatic rings. The standard InChI is InChI=1S/C10H15F3O/c11-10(12,13)9(14)7-8-5-3-1-2-4-6-8/h8H,1-7H2. The Hall–Kier alpha value is -0.540. The number of hydrogen-bond donors (Lipinski definition) is 0. The molecule has 0 aromatic carbocycles. The van der Waals surface area contributed by atoms with Crippen molar-refractivity contribution in [3.05, 3.63) is 0 Å². The van der Waals surface area contributed by atoms with E-state index in [0.717, 1.165) is 38.5 Å². The van der Waals surface area contributed by atoms with E-state index >= 15 is 0 Å². The zero-order valence-corrected chi connectivity index (χ0v) is 8.07. The first-order valence-electron chi connectivity index (χ1n) is 5.10. The number of rotatable bonds is 2. The highest BCUT2D eigenvalue weighted by molar-refractivity contribution is 5.84. The predicted molar refractivity (Wildman–Crippen MR) is 46.9 cm³/mol. The van der Waals surface area contributed by atoms with Gasteiger partial charge in [0.05, 0.1) is 0 Å². The van der Waals surface area contributed by atoms with E-state index in [0.29, 0.717) is 0 Å². The first kappa shape index (κ1) is 11.5. The lowest BCUT2D eigenvalue weighted by atomic mass is 9.94. The van der Waals surface area contributed by atoms with Crippen LogP contribution in [0.1, 0.15) is 44.9 Å². The number of ketones is 1. The lowest BCUT2D eigenvalue weighted by Crippen LogP contribution is -2.25. The minimum absolute atomic E-state index is 0.0355. The van der Waals surface area contributed by atoms with E-state index < -0.39 is 12.0 Å². The summed E-state index contributed by atoms with van der Waals surface area (Å²) in [6.07, 6.45) is 0.748. The molecule has 0 aliphatic heterocycles. The van der Waals surface area contributed by atoms with E-state index in [2.05, 4.69) is 0 Å². The molecule has 0 aromatic heterocycles. The molecule has 1 nitrogen and oxygen atoms in total. The lowest BCUT2D eigenvalue weighted by molar-refractivity contribution is -0.172. The maximum atomic E-state index is 12.0. The number of hydrogen-bond acceptors (Lipinski definition) is 1. The molecule has 1 aliphatic carbocycles. The smallest absolute Gasteiger partial charge is 0.290 e. The van der Waals surface area contributed by atoms with Gasteiger partial charge >= 0.3 is 6.18 Å². The molecule has 1 aliphatic rings. The number of carbonyl (C=O) groups excluding carboxylic acids is 1. The zero-order chi connectivity index (χ0) is 10.6. The van der Waals surface area contributed by atoms with E-state index in [1.54, 1.807) is 0 Å². The second-order valence-electron chi connectivity index (χ2n) is 3.98. The quantitative estimate of drug-likeness (QED) is 0.635. The normalized spacial score (nSPS) is 20.5. The summed E-state index contributed by atoms with van der Waals surface area (Å²) < 4.78 is 35.9. The van der Waals surface area contributed by atoms with Gasteiger partial charge in [-0.15, -0.1) is 0 Å². The van der Waals surface area contributed by atoms with Gasteiger partial charge in [0.1, 0.15) is 0 Å². The van der Waals surface area contributed by atoms with E-state index in [1.807, 2.05) is 0 Å². The molecule has 82 valence electrons. The van der Waals surface area contributed by atoms with Gasteiger partial charge in [0.2, 0.25) is 5.78 Å². The van der Waals surface area contributed by atoms with Crippen LogP contribution in [0, 0.1) is 5.92 Å². The van der Waals surface area contributed by atoms with E-state index in [4.69, 9.17) is 0 Å². The lowest BCUT2D eigenvalue weighted by Gasteiger charge is -2.13. The van der Waals surface area contributed by atoms with Crippen molar-refractivity contribution in [2.24, 2.45) is 5.92 Å². The molecule has 4 heteroatoms. The molecule has 0 atom stereocenters. The largest absolute Gasteiger partial charge is 0.449 e. The Balaban J connectivity index is 2.38. The third-order valence-corrected chi connectivity index (χ3v) is 2.76. The van der Waals surface area contributed by atoms with Gasteiger partial charge in [-0.25, -0.2) is 0 Å². The Kier molecular flexibility index (Phi) is 3.96.